The summed E-state index contributed by atoms with van der Waals surface area (Å²) in [5.41, 5.74) is 2.49. The number of rotatable bonds is 7. The molecule has 0 saturated carbocycles. The highest BCUT2D eigenvalue weighted by molar-refractivity contribution is 5.94. The van der Waals surface area contributed by atoms with E-state index in [1.165, 1.54) is 0 Å². The van der Waals surface area contributed by atoms with Gasteiger partial charge in [0.15, 0.2) is 0 Å². The standard InChI is InChI=1S/C16H21N5O/c1-21(2)8-7-19-16(22)14-9-15(12-18-11-14)20-10-13-3-5-17-6-4-13/h3-6,9,11-12,20H,7-8,10H2,1-2H3,(H,19,22). The van der Waals surface area contributed by atoms with Crippen LogP contribution in [0.5, 0.6) is 0 Å². The number of aromatic nitrogens is 2. The summed E-state index contributed by atoms with van der Waals surface area (Å²) in [6.45, 7) is 2.08. The lowest BCUT2D eigenvalue weighted by Gasteiger charge is -2.11. The summed E-state index contributed by atoms with van der Waals surface area (Å²) >= 11 is 0. The summed E-state index contributed by atoms with van der Waals surface area (Å²) in [6.07, 6.45) is 6.79. The Hall–Kier alpha value is -2.47. The van der Waals surface area contributed by atoms with Crippen molar-refractivity contribution in [2.75, 3.05) is 32.5 Å². The van der Waals surface area contributed by atoms with E-state index in [1.54, 1.807) is 30.9 Å². The molecule has 2 rings (SSSR count). The number of amides is 1. The van der Waals surface area contributed by atoms with Gasteiger partial charge >= 0.3 is 0 Å². The third-order valence-corrected chi connectivity index (χ3v) is 3.09. The molecule has 0 radical (unpaired) electrons. The molecule has 0 spiro atoms. The molecule has 0 unspecified atom stereocenters. The minimum atomic E-state index is -0.109. The van der Waals surface area contributed by atoms with E-state index in [2.05, 4.69) is 20.6 Å². The molecule has 0 aromatic carbocycles. The van der Waals surface area contributed by atoms with Crippen molar-refractivity contribution in [3.05, 3.63) is 54.1 Å². The minimum Gasteiger partial charge on any atom is -0.380 e. The Morgan fingerprint density at radius 2 is 1.95 bits per heavy atom. The zero-order chi connectivity index (χ0) is 15.8. The molecule has 0 fully saturated rings. The average Bonchev–Trinajstić information content (AvgIpc) is 2.54. The average molecular weight is 299 g/mol. The van der Waals surface area contributed by atoms with Crippen LogP contribution in [0, 0.1) is 0 Å². The minimum absolute atomic E-state index is 0.109. The van der Waals surface area contributed by atoms with E-state index >= 15 is 0 Å². The van der Waals surface area contributed by atoms with Gasteiger partial charge in [0, 0.05) is 44.4 Å². The number of nitrogens with zero attached hydrogens (tertiary/aromatic N) is 3. The topological polar surface area (TPSA) is 70.2 Å². The van der Waals surface area contributed by atoms with Gasteiger partial charge in [0.1, 0.15) is 0 Å². The highest BCUT2D eigenvalue weighted by Gasteiger charge is 2.06. The fourth-order valence-corrected chi connectivity index (χ4v) is 1.86. The molecule has 0 aliphatic rings. The van der Waals surface area contributed by atoms with Gasteiger partial charge in [-0.15, -0.1) is 0 Å². The van der Waals surface area contributed by atoms with Crippen LogP contribution in [0.3, 0.4) is 0 Å². The Labute approximate surface area is 130 Å². The summed E-state index contributed by atoms with van der Waals surface area (Å²) in [5.74, 6) is -0.109. The van der Waals surface area contributed by atoms with Gasteiger partial charge in [-0.3, -0.25) is 14.8 Å². The molecule has 6 heteroatoms. The predicted octanol–water partition coefficient (Wildman–Crippen LogP) is 1.38. The van der Waals surface area contributed by atoms with E-state index in [0.29, 0.717) is 18.7 Å². The van der Waals surface area contributed by atoms with Gasteiger partial charge in [0.25, 0.3) is 5.91 Å². The number of hydrogen-bond acceptors (Lipinski definition) is 5. The molecule has 2 heterocycles. The number of hydrogen-bond donors (Lipinski definition) is 2. The maximum Gasteiger partial charge on any atom is 0.252 e. The fraction of sp³-hybridized carbons (Fsp3) is 0.312. The van der Waals surface area contributed by atoms with Crippen LogP contribution in [0.1, 0.15) is 15.9 Å². The van der Waals surface area contributed by atoms with Crippen molar-refractivity contribution in [3.8, 4) is 0 Å². The summed E-state index contributed by atoms with van der Waals surface area (Å²) in [7, 11) is 3.94. The SMILES string of the molecule is CN(C)CCNC(=O)c1cncc(NCc2ccncc2)c1. The van der Waals surface area contributed by atoms with Crippen molar-refractivity contribution in [1.82, 2.24) is 20.2 Å². The first-order chi connectivity index (χ1) is 10.6. The van der Waals surface area contributed by atoms with E-state index in [1.807, 2.05) is 31.1 Å². The fourth-order valence-electron chi connectivity index (χ4n) is 1.86. The molecule has 2 aromatic rings. The first-order valence-electron chi connectivity index (χ1n) is 7.16. The number of likely N-dealkylation sites (N-methyl/N-ethyl adjacent to an activating group) is 1. The Morgan fingerprint density at radius 1 is 1.18 bits per heavy atom. The number of carbonyl (C=O) groups excluding carboxylic acids is 1. The Morgan fingerprint density at radius 3 is 2.68 bits per heavy atom. The molecule has 0 aliphatic carbocycles. The summed E-state index contributed by atoms with van der Waals surface area (Å²) < 4.78 is 0. The van der Waals surface area contributed by atoms with Gasteiger partial charge < -0.3 is 15.5 Å². The second kappa shape index (κ2) is 8.09. The molecule has 0 saturated heterocycles. The third kappa shape index (κ3) is 5.14. The predicted molar refractivity (Wildman–Crippen MR) is 86.7 cm³/mol. The molecule has 0 atom stereocenters. The van der Waals surface area contributed by atoms with Crippen LogP contribution in [0.15, 0.2) is 43.0 Å². The maximum atomic E-state index is 12.0. The molecule has 0 aliphatic heterocycles. The monoisotopic (exact) mass is 299 g/mol. The number of nitrogens with one attached hydrogen (secondary N) is 2. The van der Waals surface area contributed by atoms with Crippen LogP contribution in [0.2, 0.25) is 0 Å². The summed E-state index contributed by atoms with van der Waals surface area (Å²) in [4.78, 5) is 22.2. The van der Waals surface area contributed by atoms with E-state index in [0.717, 1.165) is 17.8 Å². The Kier molecular flexibility index (Phi) is 5.85. The first kappa shape index (κ1) is 15.9. The van der Waals surface area contributed by atoms with Crippen molar-refractivity contribution in [2.45, 2.75) is 6.54 Å². The maximum absolute atomic E-state index is 12.0. The molecular formula is C16H21N5O. The summed E-state index contributed by atoms with van der Waals surface area (Å²) in [5, 5.41) is 6.13. The van der Waals surface area contributed by atoms with E-state index < -0.39 is 0 Å². The largest absolute Gasteiger partial charge is 0.380 e. The molecule has 1 amide bonds. The lowest BCUT2D eigenvalue weighted by atomic mass is 10.2. The molecule has 6 nitrogen and oxygen atoms in total. The zero-order valence-electron chi connectivity index (χ0n) is 12.9. The highest BCUT2D eigenvalue weighted by atomic mass is 16.1. The van der Waals surface area contributed by atoms with Gasteiger partial charge in [0.2, 0.25) is 0 Å². The van der Waals surface area contributed by atoms with Gasteiger partial charge in [-0.25, -0.2) is 0 Å². The van der Waals surface area contributed by atoms with Crippen LogP contribution in [-0.4, -0.2) is 48.0 Å². The van der Waals surface area contributed by atoms with E-state index in [9.17, 15) is 4.79 Å². The molecule has 22 heavy (non-hydrogen) atoms. The van der Waals surface area contributed by atoms with Gasteiger partial charge in [-0.1, -0.05) is 0 Å². The third-order valence-electron chi connectivity index (χ3n) is 3.09. The lowest BCUT2D eigenvalue weighted by Crippen LogP contribution is -2.31. The first-order valence-corrected chi connectivity index (χ1v) is 7.16. The molecular weight excluding hydrogens is 278 g/mol. The summed E-state index contributed by atoms with van der Waals surface area (Å²) in [6, 6.07) is 5.69. The van der Waals surface area contributed by atoms with Crippen LogP contribution in [0.4, 0.5) is 5.69 Å². The Balaban J connectivity index is 1.90. The van der Waals surface area contributed by atoms with Crippen molar-refractivity contribution in [1.29, 1.82) is 0 Å². The van der Waals surface area contributed by atoms with Crippen LogP contribution in [-0.2, 0) is 6.54 Å². The molecule has 2 aromatic heterocycles. The second-order valence-electron chi connectivity index (χ2n) is 5.23. The molecule has 116 valence electrons. The molecule has 2 N–H and O–H groups in total. The van der Waals surface area contributed by atoms with Gasteiger partial charge in [-0.2, -0.15) is 0 Å². The van der Waals surface area contributed by atoms with Crippen LogP contribution < -0.4 is 10.6 Å². The van der Waals surface area contributed by atoms with E-state index in [4.69, 9.17) is 0 Å². The smallest absolute Gasteiger partial charge is 0.252 e. The normalized spacial score (nSPS) is 10.5. The second-order valence-corrected chi connectivity index (χ2v) is 5.23. The van der Waals surface area contributed by atoms with Gasteiger partial charge in [0.05, 0.1) is 11.3 Å². The zero-order valence-corrected chi connectivity index (χ0v) is 12.9. The van der Waals surface area contributed by atoms with Crippen molar-refractivity contribution in [3.63, 3.8) is 0 Å². The lowest BCUT2D eigenvalue weighted by molar-refractivity contribution is 0.0950. The van der Waals surface area contributed by atoms with Crippen LogP contribution >= 0.6 is 0 Å². The Bertz CT molecular complexity index is 600. The number of anilines is 1. The van der Waals surface area contributed by atoms with Crippen molar-refractivity contribution in [2.24, 2.45) is 0 Å². The molecule has 0 bridgehead atoms. The number of carbonyl (C=O) groups is 1. The number of pyridine rings is 2. The van der Waals surface area contributed by atoms with Crippen LogP contribution in [0.25, 0.3) is 0 Å². The van der Waals surface area contributed by atoms with E-state index in [-0.39, 0.29) is 5.91 Å². The van der Waals surface area contributed by atoms with Gasteiger partial charge in [-0.05, 0) is 37.9 Å². The quantitative estimate of drug-likeness (QED) is 0.808. The van der Waals surface area contributed by atoms with Crippen molar-refractivity contribution >= 4 is 11.6 Å². The highest BCUT2D eigenvalue weighted by Crippen LogP contribution is 2.10. The van der Waals surface area contributed by atoms with Crippen molar-refractivity contribution < 1.29 is 4.79 Å².